The van der Waals surface area contributed by atoms with Crippen molar-refractivity contribution in [2.45, 2.75) is 70.6 Å². The molecule has 2 rings (SSSR count). The van der Waals surface area contributed by atoms with Crippen LogP contribution in [0.1, 0.15) is 52.9 Å². The van der Waals surface area contributed by atoms with E-state index in [2.05, 4.69) is 26.1 Å². The molecule has 0 bridgehead atoms. The monoisotopic (exact) mass is 241 g/mol. The minimum atomic E-state index is -0.511. The van der Waals surface area contributed by atoms with Gasteiger partial charge in [-0.05, 0) is 38.0 Å². The van der Waals surface area contributed by atoms with Crippen molar-refractivity contribution >= 4 is 0 Å². The molecule has 0 amide bonds. The lowest BCUT2D eigenvalue weighted by Crippen LogP contribution is -2.62. The van der Waals surface area contributed by atoms with Crippen LogP contribution in [0.2, 0.25) is 0 Å². The van der Waals surface area contributed by atoms with E-state index in [1.165, 1.54) is 0 Å². The molecule has 100 valence electrons. The average molecular weight is 241 g/mol. The molecular formula is C14H27NO2. The summed E-state index contributed by atoms with van der Waals surface area (Å²) in [5.74, 6) is 0.761. The van der Waals surface area contributed by atoms with Gasteiger partial charge in [-0.2, -0.15) is 0 Å². The van der Waals surface area contributed by atoms with Gasteiger partial charge in [0.2, 0.25) is 0 Å². The molecule has 17 heavy (non-hydrogen) atoms. The first-order valence-corrected chi connectivity index (χ1v) is 6.97. The van der Waals surface area contributed by atoms with Gasteiger partial charge in [0.25, 0.3) is 0 Å². The van der Waals surface area contributed by atoms with Gasteiger partial charge in [0.15, 0.2) is 0 Å². The third-order valence-corrected chi connectivity index (χ3v) is 5.10. The molecule has 3 N–H and O–H groups in total. The topological polar surface area (TPSA) is 52.5 Å². The Hall–Kier alpha value is -0.120. The summed E-state index contributed by atoms with van der Waals surface area (Å²) >= 11 is 0. The SMILES string of the molecule is CC1CCC(O)(CNC2CC(O)C2(C)C)CC1. The zero-order chi connectivity index (χ0) is 12.7. The van der Waals surface area contributed by atoms with E-state index >= 15 is 0 Å². The molecule has 2 unspecified atom stereocenters. The summed E-state index contributed by atoms with van der Waals surface area (Å²) in [6.45, 7) is 7.12. The lowest BCUT2D eigenvalue weighted by Gasteiger charge is -2.51. The van der Waals surface area contributed by atoms with Crippen molar-refractivity contribution in [3.05, 3.63) is 0 Å². The molecule has 0 heterocycles. The van der Waals surface area contributed by atoms with Crippen molar-refractivity contribution in [1.82, 2.24) is 5.32 Å². The van der Waals surface area contributed by atoms with Gasteiger partial charge in [0.05, 0.1) is 11.7 Å². The summed E-state index contributed by atoms with van der Waals surface area (Å²) in [7, 11) is 0. The minimum Gasteiger partial charge on any atom is -0.392 e. The zero-order valence-electron chi connectivity index (χ0n) is 11.4. The Balaban J connectivity index is 1.79. The Labute approximate surface area is 105 Å². The maximum Gasteiger partial charge on any atom is 0.0771 e. The number of aliphatic hydroxyl groups is 2. The molecule has 0 aromatic rings. The lowest BCUT2D eigenvalue weighted by atomic mass is 9.64. The molecule has 0 spiro atoms. The molecule has 2 aliphatic carbocycles. The Bertz CT molecular complexity index is 269. The van der Waals surface area contributed by atoms with Gasteiger partial charge in [0.1, 0.15) is 0 Å². The van der Waals surface area contributed by atoms with Gasteiger partial charge in [-0.3, -0.25) is 0 Å². The maximum absolute atomic E-state index is 10.5. The Kier molecular flexibility index (Phi) is 3.54. The number of rotatable bonds is 3. The normalized spacial score (nSPS) is 45.4. The summed E-state index contributed by atoms with van der Waals surface area (Å²) in [5, 5.41) is 23.6. The Morgan fingerprint density at radius 2 is 1.82 bits per heavy atom. The predicted octanol–water partition coefficient (Wildman–Crippen LogP) is 1.68. The highest BCUT2D eigenvalue weighted by Gasteiger charge is 2.47. The fourth-order valence-electron chi connectivity index (χ4n) is 3.04. The standard InChI is InChI=1S/C14H27NO2/c1-10-4-6-14(17,7-5-10)9-15-11-8-12(16)13(11,2)3/h10-12,15-17H,4-9H2,1-3H3. The van der Waals surface area contributed by atoms with Crippen LogP contribution < -0.4 is 5.32 Å². The van der Waals surface area contributed by atoms with Crippen LogP contribution in [0.5, 0.6) is 0 Å². The number of hydrogen-bond acceptors (Lipinski definition) is 3. The van der Waals surface area contributed by atoms with Gasteiger partial charge < -0.3 is 15.5 Å². The fraction of sp³-hybridized carbons (Fsp3) is 1.00. The van der Waals surface area contributed by atoms with Crippen LogP contribution in [0.4, 0.5) is 0 Å². The molecule has 3 nitrogen and oxygen atoms in total. The molecule has 0 saturated heterocycles. The third-order valence-electron chi connectivity index (χ3n) is 5.10. The molecule has 2 fully saturated rings. The molecule has 0 aromatic carbocycles. The number of aliphatic hydroxyl groups excluding tert-OH is 1. The summed E-state index contributed by atoms with van der Waals surface area (Å²) in [5.41, 5.74) is -0.554. The molecule has 0 radical (unpaired) electrons. The Morgan fingerprint density at radius 3 is 2.29 bits per heavy atom. The van der Waals surface area contributed by atoms with Gasteiger partial charge in [-0.1, -0.05) is 20.8 Å². The second-order valence-electron chi connectivity index (χ2n) is 6.91. The fourth-order valence-corrected chi connectivity index (χ4v) is 3.04. The second kappa shape index (κ2) is 4.52. The predicted molar refractivity (Wildman–Crippen MR) is 68.8 cm³/mol. The smallest absolute Gasteiger partial charge is 0.0771 e. The van der Waals surface area contributed by atoms with E-state index in [4.69, 9.17) is 0 Å². The van der Waals surface area contributed by atoms with Gasteiger partial charge in [-0.15, -0.1) is 0 Å². The highest BCUT2D eigenvalue weighted by Crippen LogP contribution is 2.41. The first kappa shape index (κ1) is 13.3. The van der Waals surface area contributed by atoms with E-state index in [1.807, 2.05) is 0 Å². The molecular weight excluding hydrogens is 214 g/mol. The average Bonchev–Trinajstić information content (AvgIpc) is 2.29. The van der Waals surface area contributed by atoms with Crippen molar-refractivity contribution in [3.8, 4) is 0 Å². The van der Waals surface area contributed by atoms with Crippen molar-refractivity contribution in [2.75, 3.05) is 6.54 Å². The zero-order valence-corrected chi connectivity index (χ0v) is 11.4. The molecule has 0 aromatic heterocycles. The van der Waals surface area contributed by atoms with Gasteiger partial charge in [0, 0.05) is 18.0 Å². The van der Waals surface area contributed by atoms with E-state index in [0.717, 1.165) is 38.0 Å². The van der Waals surface area contributed by atoms with E-state index in [9.17, 15) is 10.2 Å². The van der Waals surface area contributed by atoms with E-state index in [1.54, 1.807) is 0 Å². The number of hydrogen-bond donors (Lipinski definition) is 3. The third kappa shape index (κ3) is 2.67. The highest BCUT2D eigenvalue weighted by molar-refractivity contribution is 5.02. The van der Waals surface area contributed by atoms with Crippen LogP contribution in [-0.4, -0.2) is 34.5 Å². The van der Waals surface area contributed by atoms with Crippen LogP contribution in [0.3, 0.4) is 0 Å². The second-order valence-corrected chi connectivity index (χ2v) is 6.91. The van der Waals surface area contributed by atoms with Crippen LogP contribution in [0, 0.1) is 11.3 Å². The first-order valence-electron chi connectivity index (χ1n) is 6.97. The molecule has 2 atom stereocenters. The summed E-state index contributed by atoms with van der Waals surface area (Å²) < 4.78 is 0. The summed E-state index contributed by atoms with van der Waals surface area (Å²) in [4.78, 5) is 0. The van der Waals surface area contributed by atoms with Crippen molar-refractivity contribution in [3.63, 3.8) is 0 Å². The quantitative estimate of drug-likeness (QED) is 0.704. The largest absolute Gasteiger partial charge is 0.392 e. The van der Waals surface area contributed by atoms with Crippen LogP contribution in [0.25, 0.3) is 0 Å². The van der Waals surface area contributed by atoms with E-state index in [-0.39, 0.29) is 11.5 Å². The number of nitrogens with one attached hydrogen (secondary N) is 1. The molecule has 3 heteroatoms. The van der Waals surface area contributed by atoms with E-state index in [0.29, 0.717) is 12.6 Å². The minimum absolute atomic E-state index is 0.0433. The van der Waals surface area contributed by atoms with Crippen molar-refractivity contribution < 1.29 is 10.2 Å². The van der Waals surface area contributed by atoms with Crippen molar-refractivity contribution in [2.24, 2.45) is 11.3 Å². The summed E-state index contributed by atoms with van der Waals surface area (Å²) in [6, 6.07) is 0.348. The van der Waals surface area contributed by atoms with Crippen LogP contribution in [0.15, 0.2) is 0 Å². The van der Waals surface area contributed by atoms with Crippen molar-refractivity contribution in [1.29, 1.82) is 0 Å². The van der Waals surface area contributed by atoms with Crippen LogP contribution in [-0.2, 0) is 0 Å². The highest BCUT2D eigenvalue weighted by atomic mass is 16.3. The molecule has 2 saturated carbocycles. The summed E-state index contributed by atoms with van der Waals surface area (Å²) in [6.07, 6.45) is 4.72. The Morgan fingerprint density at radius 1 is 1.24 bits per heavy atom. The molecule has 0 aliphatic heterocycles. The van der Waals surface area contributed by atoms with E-state index < -0.39 is 5.60 Å². The maximum atomic E-state index is 10.5. The van der Waals surface area contributed by atoms with Gasteiger partial charge >= 0.3 is 0 Å². The van der Waals surface area contributed by atoms with Crippen LogP contribution >= 0.6 is 0 Å². The van der Waals surface area contributed by atoms with Gasteiger partial charge in [-0.25, -0.2) is 0 Å². The molecule has 2 aliphatic rings. The lowest BCUT2D eigenvalue weighted by molar-refractivity contribution is -0.0842. The first-order chi connectivity index (χ1) is 7.83.